The Bertz CT molecular complexity index is 393. The van der Waals surface area contributed by atoms with E-state index in [0.717, 1.165) is 19.3 Å². The van der Waals surface area contributed by atoms with Crippen molar-refractivity contribution in [3.8, 4) is 0 Å². The molecule has 176 valence electrons. The molecular weight excluding hydrogens is 420 g/mol. The Labute approximate surface area is 190 Å². The molecule has 6 radical (unpaired) electrons. The molecule has 0 atom stereocenters. The summed E-state index contributed by atoms with van der Waals surface area (Å²) in [6.07, 6.45) is 14.1. The van der Waals surface area contributed by atoms with Crippen LogP contribution in [0.3, 0.4) is 0 Å². The van der Waals surface area contributed by atoms with E-state index in [4.69, 9.17) is 32.5 Å². The van der Waals surface area contributed by atoms with Gasteiger partial charge in [-0.15, -0.1) is 0 Å². The summed E-state index contributed by atoms with van der Waals surface area (Å²) in [4.78, 5) is 0. The van der Waals surface area contributed by atoms with Crippen LogP contribution in [0.15, 0.2) is 0 Å². The van der Waals surface area contributed by atoms with Crippen LogP contribution in [-0.2, 0) is 32.5 Å². The molecule has 9 heteroatoms. The second-order valence-corrected chi connectivity index (χ2v) is 7.84. The van der Waals surface area contributed by atoms with Gasteiger partial charge in [0.1, 0.15) is 0 Å². The largest absolute Gasteiger partial charge is 0.367 e. The van der Waals surface area contributed by atoms with Gasteiger partial charge in [-0.2, -0.15) is 0 Å². The van der Waals surface area contributed by atoms with Gasteiger partial charge < -0.3 is 32.5 Å². The quantitative estimate of drug-likeness (QED) is 0.144. The lowest BCUT2D eigenvalue weighted by Crippen LogP contribution is -2.73. The van der Waals surface area contributed by atoms with E-state index in [2.05, 4.69) is 27.9 Å². The fourth-order valence-electron chi connectivity index (χ4n) is 3.99. The van der Waals surface area contributed by atoms with Crippen molar-refractivity contribution in [3.05, 3.63) is 0 Å². The first-order chi connectivity index (χ1) is 14.5. The van der Waals surface area contributed by atoms with Crippen molar-refractivity contribution < 1.29 is 32.5 Å². The third kappa shape index (κ3) is 7.35. The standard InChI is InChI=1S/C21H42O7Si2/c1-7-8-9-10-11-12-13-14-15-16-17-18-19(22-2,23-3)20(24-4,25-5)21(26-6,27-29)28-30/h7-18H2,1-6H3. The molecule has 0 N–H and O–H groups in total. The minimum Gasteiger partial charge on any atom is -0.367 e. The van der Waals surface area contributed by atoms with Crippen LogP contribution in [0.2, 0.25) is 0 Å². The molecule has 0 bridgehead atoms. The monoisotopic (exact) mass is 462 g/mol. The summed E-state index contributed by atoms with van der Waals surface area (Å²) in [6, 6.07) is 0. The van der Waals surface area contributed by atoms with E-state index >= 15 is 0 Å². The lowest BCUT2D eigenvalue weighted by molar-refractivity contribution is -0.510. The molecular formula is C21H42O7Si2. The zero-order chi connectivity index (χ0) is 22.9. The number of hydrogen-bond donors (Lipinski definition) is 0. The summed E-state index contributed by atoms with van der Waals surface area (Å²) in [5.74, 6) is -4.92. The van der Waals surface area contributed by atoms with Gasteiger partial charge in [0, 0.05) is 42.0 Å². The van der Waals surface area contributed by atoms with E-state index in [9.17, 15) is 0 Å². The van der Waals surface area contributed by atoms with Crippen LogP contribution in [0.25, 0.3) is 0 Å². The van der Waals surface area contributed by atoms with Crippen molar-refractivity contribution in [2.75, 3.05) is 35.5 Å². The smallest absolute Gasteiger partial charge is 0.326 e. The molecule has 0 unspecified atom stereocenters. The van der Waals surface area contributed by atoms with Crippen molar-refractivity contribution in [2.45, 2.75) is 102 Å². The molecule has 0 spiro atoms. The number of ether oxygens (including phenoxy) is 5. The Kier molecular flexibility index (Phi) is 16.8. The van der Waals surface area contributed by atoms with Crippen LogP contribution >= 0.6 is 0 Å². The molecule has 0 saturated carbocycles. The van der Waals surface area contributed by atoms with Gasteiger partial charge in [-0.3, -0.25) is 0 Å². The van der Waals surface area contributed by atoms with Gasteiger partial charge >= 0.3 is 11.8 Å². The Morgan fingerprint density at radius 2 is 0.933 bits per heavy atom. The molecule has 0 aliphatic rings. The first kappa shape index (κ1) is 30.2. The van der Waals surface area contributed by atoms with Gasteiger partial charge in [0.05, 0.1) is 0 Å². The van der Waals surface area contributed by atoms with Crippen LogP contribution in [0.1, 0.15) is 84.0 Å². The van der Waals surface area contributed by atoms with E-state index in [-0.39, 0.29) is 0 Å². The Morgan fingerprint density at radius 1 is 0.533 bits per heavy atom. The maximum Gasteiger partial charge on any atom is 0.326 e. The number of methoxy groups -OCH3 is 5. The van der Waals surface area contributed by atoms with Crippen molar-refractivity contribution in [1.82, 2.24) is 0 Å². The molecule has 0 aliphatic heterocycles. The molecule has 0 aromatic carbocycles. The number of rotatable bonds is 21. The highest BCUT2D eigenvalue weighted by atomic mass is 28.2. The molecule has 0 aromatic rings. The normalized spacial score (nSPS) is 13.2. The summed E-state index contributed by atoms with van der Waals surface area (Å²) in [5.41, 5.74) is 0. The van der Waals surface area contributed by atoms with Gasteiger partial charge in [-0.25, -0.2) is 0 Å². The topological polar surface area (TPSA) is 64.6 Å². The average Bonchev–Trinajstić information content (AvgIpc) is 2.79. The molecule has 30 heavy (non-hydrogen) atoms. The molecule has 0 heterocycles. The zero-order valence-corrected chi connectivity index (χ0v) is 21.8. The summed E-state index contributed by atoms with van der Waals surface area (Å²) in [5, 5.41) is 0. The lowest BCUT2D eigenvalue weighted by Gasteiger charge is -2.52. The average molecular weight is 463 g/mol. The fourth-order valence-corrected chi connectivity index (χ4v) is 4.60. The molecule has 0 fully saturated rings. The highest BCUT2D eigenvalue weighted by Crippen LogP contribution is 2.45. The highest BCUT2D eigenvalue weighted by Gasteiger charge is 2.69. The maximum absolute atomic E-state index is 5.78. The molecule has 0 saturated heterocycles. The number of unbranched alkanes of at least 4 members (excludes halogenated alkanes) is 10. The van der Waals surface area contributed by atoms with E-state index in [1.165, 1.54) is 86.9 Å². The summed E-state index contributed by atoms with van der Waals surface area (Å²) < 4.78 is 39.0. The first-order valence-electron chi connectivity index (χ1n) is 10.9. The Balaban J connectivity index is 4.84. The number of hydrogen-bond acceptors (Lipinski definition) is 7. The Morgan fingerprint density at radius 3 is 1.23 bits per heavy atom. The molecule has 7 nitrogen and oxygen atoms in total. The van der Waals surface area contributed by atoms with Crippen molar-refractivity contribution in [2.24, 2.45) is 0 Å². The van der Waals surface area contributed by atoms with E-state index < -0.39 is 17.5 Å². The summed E-state index contributed by atoms with van der Waals surface area (Å²) in [6.45, 7) is 2.25. The van der Waals surface area contributed by atoms with Crippen LogP contribution in [-0.4, -0.2) is 74.1 Å². The van der Waals surface area contributed by atoms with Gasteiger partial charge in [-0.1, -0.05) is 71.1 Å². The highest BCUT2D eigenvalue weighted by molar-refractivity contribution is 6.00. The van der Waals surface area contributed by atoms with Gasteiger partial charge in [0.25, 0.3) is 21.0 Å². The molecule has 0 aromatic heterocycles. The van der Waals surface area contributed by atoms with Crippen LogP contribution in [0.5, 0.6) is 0 Å². The van der Waals surface area contributed by atoms with Crippen LogP contribution in [0, 0.1) is 0 Å². The predicted molar refractivity (Wildman–Crippen MR) is 118 cm³/mol. The van der Waals surface area contributed by atoms with E-state index in [0.29, 0.717) is 6.42 Å². The summed E-state index contributed by atoms with van der Waals surface area (Å²) >= 11 is 0. The van der Waals surface area contributed by atoms with E-state index in [1.54, 1.807) is 0 Å². The minimum atomic E-state index is -1.85. The zero-order valence-electron chi connectivity index (χ0n) is 19.8. The molecule has 0 amide bonds. The van der Waals surface area contributed by atoms with Gasteiger partial charge in [0.15, 0.2) is 0 Å². The Hall–Kier alpha value is 0.154. The SMILES string of the molecule is CCCCCCCCCCCCCC(OC)(OC)C(OC)(OC)C(OC)(O[Si])O[Si]. The minimum absolute atomic E-state index is 0.481. The fraction of sp³-hybridized carbons (Fsp3) is 1.00. The van der Waals surface area contributed by atoms with E-state index in [1.807, 2.05) is 0 Å². The summed E-state index contributed by atoms with van der Waals surface area (Å²) in [7, 11) is 13.3. The van der Waals surface area contributed by atoms with Gasteiger partial charge in [0.2, 0.25) is 5.79 Å². The van der Waals surface area contributed by atoms with Crippen molar-refractivity contribution in [1.29, 1.82) is 0 Å². The third-order valence-corrected chi connectivity index (χ3v) is 6.32. The first-order valence-corrected chi connectivity index (χ1v) is 11.8. The van der Waals surface area contributed by atoms with Crippen LogP contribution in [0.4, 0.5) is 0 Å². The van der Waals surface area contributed by atoms with Crippen molar-refractivity contribution >= 4 is 21.0 Å². The predicted octanol–water partition coefficient (Wildman–Crippen LogP) is 4.17. The van der Waals surface area contributed by atoms with Gasteiger partial charge in [-0.05, 0) is 6.42 Å². The second-order valence-electron chi connectivity index (χ2n) is 7.44. The lowest BCUT2D eigenvalue weighted by atomic mass is 9.94. The molecule has 0 aliphatic carbocycles. The third-order valence-electron chi connectivity index (χ3n) is 5.79. The van der Waals surface area contributed by atoms with Crippen LogP contribution < -0.4 is 0 Å². The second kappa shape index (κ2) is 16.7. The molecule has 0 rings (SSSR count). The van der Waals surface area contributed by atoms with Crippen molar-refractivity contribution in [3.63, 3.8) is 0 Å². The maximum atomic E-state index is 5.78.